The average molecular weight is 465 g/mol. The molecule has 0 saturated heterocycles. The fraction of sp³-hybridized carbons (Fsp3) is 0.481. The molecule has 2 heterocycles. The first-order valence-corrected chi connectivity index (χ1v) is 13.2. The Kier molecular flexibility index (Phi) is 6.76. The molecule has 6 heteroatoms. The molecule has 2 N–H and O–H groups in total. The van der Waals surface area contributed by atoms with Crippen molar-refractivity contribution in [1.82, 2.24) is 15.1 Å². The van der Waals surface area contributed by atoms with Gasteiger partial charge < -0.3 is 10.6 Å². The molecule has 176 valence electrons. The third-order valence-corrected chi connectivity index (χ3v) is 8.11. The van der Waals surface area contributed by atoms with Gasteiger partial charge in [0.2, 0.25) is 0 Å². The number of nitrogens with one attached hydrogen (secondary N) is 2. The van der Waals surface area contributed by atoms with Crippen LogP contribution in [0.25, 0.3) is 0 Å². The molecule has 33 heavy (non-hydrogen) atoms. The zero-order valence-electron chi connectivity index (χ0n) is 20.4. The summed E-state index contributed by atoms with van der Waals surface area (Å²) in [7, 11) is 0. The highest BCUT2D eigenvalue weighted by Crippen LogP contribution is 2.38. The molecule has 4 rings (SSSR count). The van der Waals surface area contributed by atoms with Gasteiger partial charge in [0.05, 0.1) is 17.3 Å². The van der Waals surface area contributed by atoms with Crippen LogP contribution in [0.15, 0.2) is 59.7 Å². The molecule has 1 unspecified atom stereocenters. The van der Waals surface area contributed by atoms with Crippen LogP contribution in [0.1, 0.15) is 69.3 Å². The Bertz CT molecular complexity index is 1050. The van der Waals surface area contributed by atoms with E-state index in [9.17, 15) is 4.79 Å². The Hall–Kier alpha value is -2.47. The number of rotatable bonds is 7. The Morgan fingerprint density at radius 2 is 1.97 bits per heavy atom. The molecule has 1 amide bonds. The van der Waals surface area contributed by atoms with Crippen molar-refractivity contribution in [3.05, 3.63) is 65.9 Å². The SMILES string of the molecule is CCC(CC)(NC(=O)c1cnn2c1N[C@@H](C1C=CC=CC1)CC2(C)C)c1ccc(SC)cc1. The smallest absolute Gasteiger partial charge is 0.257 e. The van der Waals surface area contributed by atoms with Crippen molar-refractivity contribution < 1.29 is 4.79 Å². The average Bonchev–Trinajstić information content (AvgIpc) is 3.28. The number of hydrogen-bond donors (Lipinski definition) is 2. The minimum Gasteiger partial charge on any atom is -0.366 e. The van der Waals surface area contributed by atoms with Gasteiger partial charge >= 0.3 is 0 Å². The molecule has 0 fully saturated rings. The molecular formula is C27H36N4OS. The van der Waals surface area contributed by atoms with Gasteiger partial charge in [-0.05, 0) is 63.5 Å². The van der Waals surface area contributed by atoms with Crippen LogP contribution in [0.2, 0.25) is 0 Å². The second-order valence-electron chi connectivity index (χ2n) is 9.77. The summed E-state index contributed by atoms with van der Waals surface area (Å²) in [5.74, 6) is 1.17. The number of aromatic nitrogens is 2. The molecule has 1 aromatic heterocycles. The van der Waals surface area contributed by atoms with E-state index in [1.54, 1.807) is 18.0 Å². The molecule has 0 saturated carbocycles. The maximum atomic E-state index is 13.7. The number of hydrogen-bond acceptors (Lipinski definition) is 4. The van der Waals surface area contributed by atoms with Gasteiger partial charge in [0.1, 0.15) is 11.4 Å². The zero-order valence-corrected chi connectivity index (χ0v) is 21.2. The summed E-state index contributed by atoms with van der Waals surface area (Å²) >= 11 is 1.73. The maximum Gasteiger partial charge on any atom is 0.257 e. The van der Waals surface area contributed by atoms with Crippen LogP contribution in [0.3, 0.4) is 0 Å². The summed E-state index contributed by atoms with van der Waals surface area (Å²) in [5, 5.41) is 11.7. The van der Waals surface area contributed by atoms with E-state index >= 15 is 0 Å². The first-order valence-electron chi connectivity index (χ1n) is 12.0. The highest BCUT2D eigenvalue weighted by molar-refractivity contribution is 7.98. The van der Waals surface area contributed by atoms with E-state index in [1.165, 1.54) is 4.90 Å². The van der Waals surface area contributed by atoms with E-state index < -0.39 is 5.54 Å². The van der Waals surface area contributed by atoms with Crippen molar-refractivity contribution in [2.45, 2.75) is 75.4 Å². The third kappa shape index (κ3) is 4.50. The molecule has 1 aliphatic heterocycles. The van der Waals surface area contributed by atoms with Crippen molar-refractivity contribution in [2.24, 2.45) is 5.92 Å². The van der Waals surface area contributed by atoms with E-state index in [4.69, 9.17) is 0 Å². The van der Waals surface area contributed by atoms with Crippen molar-refractivity contribution >= 4 is 23.5 Å². The molecular weight excluding hydrogens is 428 g/mol. The second kappa shape index (κ2) is 9.41. The molecule has 2 atom stereocenters. The first-order chi connectivity index (χ1) is 15.8. The molecule has 5 nitrogen and oxygen atoms in total. The fourth-order valence-corrected chi connectivity index (χ4v) is 5.63. The highest BCUT2D eigenvalue weighted by atomic mass is 32.2. The van der Waals surface area contributed by atoms with Gasteiger partial charge in [-0.1, -0.05) is 50.3 Å². The molecule has 1 aromatic carbocycles. The van der Waals surface area contributed by atoms with Crippen LogP contribution < -0.4 is 10.6 Å². The molecule has 0 radical (unpaired) electrons. The van der Waals surface area contributed by atoms with Gasteiger partial charge in [-0.25, -0.2) is 4.68 Å². The number of carbonyl (C=O) groups is 1. The lowest BCUT2D eigenvalue weighted by Gasteiger charge is -2.41. The number of fused-ring (bicyclic) bond motifs is 1. The quantitative estimate of drug-likeness (QED) is 0.486. The Balaban J connectivity index is 1.63. The van der Waals surface area contributed by atoms with E-state index in [0.29, 0.717) is 11.5 Å². The van der Waals surface area contributed by atoms with Gasteiger partial charge in [-0.15, -0.1) is 11.8 Å². The summed E-state index contributed by atoms with van der Waals surface area (Å²) in [6, 6.07) is 8.82. The molecule has 1 aliphatic carbocycles. The second-order valence-corrected chi connectivity index (χ2v) is 10.7. The topological polar surface area (TPSA) is 59.0 Å². The van der Waals surface area contributed by atoms with Crippen molar-refractivity contribution in [3.8, 4) is 0 Å². The summed E-state index contributed by atoms with van der Waals surface area (Å²) in [4.78, 5) is 14.9. The molecule has 2 aliphatic rings. The van der Waals surface area contributed by atoms with Crippen molar-refractivity contribution in [1.29, 1.82) is 0 Å². The van der Waals surface area contributed by atoms with Gasteiger partial charge in [-0.3, -0.25) is 4.79 Å². The minimum absolute atomic E-state index is 0.0723. The van der Waals surface area contributed by atoms with E-state index in [1.807, 2.05) is 4.68 Å². The summed E-state index contributed by atoms with van der Waals surface area (Å²) in [6.45, 7) is 8.69. The number of anilines is 1. The molecule has 0 bridgehead atoms. The standard InChI is InChI=1S/C27H36N4OS/c1-6-27(7-2,20-13-15-21(33-5)16-14-20)30-25(32)22-18-28-31-24(22)29-23(17-26(31,3)4)19-11-9-8-10-12-19/h8-11,13-16,18-19,23,29H,6-7,12,17H2,1-5H3,(H,30,32)/t19?,23-/m1/s1. The number of benzene rings is 1. The van der Waals surface area contributed by atoms with Crippen LogP contribution in [0.4, 0.5) is 5.82 Å². The monoisotopic (exact) mass is 464 g/mol. The van der Waals surface area contributed by atoms with Crippen LogP contribution >= 0.6 is 11.8 Å². The molecule has 2 aromatic rings. The van der Waals surface area contributed by atoms with E-state index in [-0.39, 0.29) is 17.5 Å². The third-order valence-electron chi connectivity index (χ3n) is 7.36. The zero-order chi connectivity index (χ0) is 23.6. The minimum atomic E-state index is -0.413. The van der Waals surface area contributed by atoms with Crippen molar-refractivity contribution in [3.63, 3.8) is 0 Å². The maximum absolute atomic E-state index is 13.7. The van der Waals surface area contributed by atoms with Crippen LogP contribution in [-0.2, 0) is 11.1 Å². The van der Waals surface area contributed by atoms with Gasteiger partial charge in [0.15, 0.2) is 0 Å². The van der Waals surface area contributed by atoms with Gasteiger partial charge in [0, 0.05) is 16.9 Å². The number of carbonyl (C=O) groups excluding carboxylic acids is 1. The number of amides is 1. The van der Waals surface area contributed by atoms with Crippen LogP contribution in [0, 0.1) is 5.92 Å². The summed E-state index contributed by atoms with van der Waals surface area (Å²) in [6.07, 6.45) is 16.1. The summed E-state index contributed by atoms with van der Waals surface area (Å²) in [5.41, 5.74) is 1.18. The highest BCUT2D eigenvalue weighted by Gasteiger charge is 2.39. The van der Waals surface area contributed by atoms with Gasteiger partial charge in [-0.2, -0.15) is 5.10 Å². The predicted octanol–water partition coefficient (Wildman–Crippen LogP) is 6.10. The van der Waals surface area contributed by atoms with Crippen LogP contribution in [-0.4, -0.2) is 28.0 Å². The Labute approximate surface area is 202 Å². The lowest BCUT2D eigenvalue weighted by molar-refractivity contribution is 0.0889. The fourth-order valence-electron chi connectivity index (χ4n) is 5.22. The number of nitrogens with zero attached hydrogens (tertiary/aromatic N) is 2. The number of allylic oxidation sites excluding steroid dienone is 3. The van der Waals surface area contributed by atoms with E-state index in [0.717, 1.165) is 37.1 Å². The summed E-state index contributed by atoms with van der Waals surface area (Å²) < 4.78 is 1.99. The normalized spacial score (nSPS) is 21.4. The lowest BCUT2D eigenvalue weighted by atomic mass is 9.82. The van der Waals surface area contributed by atoms with E-state index in [2.05, 4.69) is 98.3 Å². The number of thioether (sulfide) groups is 1. The molecule has 0 spiro atoms. The predicted molar refractivity (Wildman–Crippen MR) is 138 cm³/mol. The van der Waals surface area contributed by atoms with Crippen molar-refractivity contribution in [2.75, 3.05) is 11.6 Å². The Morgan fingerprint density at radius 1 is 1.24 bits per heavy atom. The Morgan fingerprint density at radius 3 is 2.58 bits per heavy atom. The van der Waals surface area contributed by atoms with Gasteiger partial charge in [0.25, 0.3) is 5.91 Å². The lowest BCUT2D eigenvalue weighted by Crippen LogP contribution is -2.47. The largest absolute Gasteiger partial charge is 0.366 e. The van der Waals surface area contributed by atoms with Crippen LogP contribution in [0.5, 0.6) is 0 Å². The first kappa shape index (κ1) is 23.7.